The van der Waals surface area contributed by atoms with Crippen molar-refractivity contribution in [3.8, 4) is 0 Å². The highest BCUT2D eigenvalue weighted by atomic mass is 16.6. The minimum atomic E-state index is -1.32. The summed E-state index contributed by atoms with van der Waals surface area (Å²) in [4.78, 5) is 146. The quantitative estimate of drug-likeness (QED) is 0.0148. The Morgan fingerprint density at radius 1 is 0.409 bits per heavy atom. The van der Waals surface area contributed by atoms with Crippen molar-refractivity contribution in [1.29, 1.82) is 0 Å². The van der Waals surface area contributed by atoms with E-state index in [1.165, 1.54) is 26.4 Å². The van der Waals surface area contributed by atoms with E-state index in [1.54, 1.807) is 26.0 Å². The van der Waals surface area contributed by atoms with Gasteiger partial charge in [0, 0.05) is 81.2 Å². The van der Waals surface area contributed by atoms with E-state index < -0.39 is 93.8 Å². The SMILES string of the molecule is C=CC1CC1(C(=O)OC)C(=O)OCCCOC(=O)NCCCCCCNC(=O)OCCCOC(=O)C1(C(=O)OC)CC1C=C.C=CC1CC1(C(=O)OCC)C(=O)OCCCOC(=O)NCCC(C)CC(C)(C)CNC(=O)OCCCOC(=O)C1(C(=O)OCC)CC1C=C.[HH].[HH].[HH].[HH]. The summed E-state index contributed by atoms with van der Waals surface area (Å²) in [6.45, 7) is 26.0. The fraction of sp³-hybridized carbons (Fsp3) is 0.692. The lowest BCUT2D eigenvalue weighted by Gasteiger charge is -2.28. The van der Waals surface area contributed by atoms with Gasteiger partial charge in [-0.25, -0.2) is 19.2 Å². The summed E-state index contributed by atoms with van der Waals surface area (Å²) < 4.78 is 60.7. The molecule has 0 spiro atoms. The van der Waals surface area contributed by atoms with Gasteiger partial charge in [0.25, 0.3) is 0 Å². The van der Waals surface area contributed by atoms with Gasteiger partial charge in [0.2, 0.25) is 0 Å². The molecule has 4 aliphatic carbocycles. The molecule has 0 radical (unpaired) electrons. The monoisotopic (exact) mass is 1330 g/mol. The van der Waals surface area contributed by atoms with Crippen molar-refractivity contribution in [2.45, 2.75) is 125 Å². The Kier molecular flexibility index (Phi) is 33.5. The summed E-state index contributed by atoms with van der Waals surface area (Å²) >= 11 is 0. The average Bonchev–Trinajstić information content (AvgIpc) is 1.61. The smallest absolute Gasteiger partial charge is 0.407 e. The normalized spacial score (nSPS) is 22.7. The summed E-state index contributed by atoms with van der Waals surface area (Å²) in [5, 5.41) is 10.7. The van der Waals surface area contributed by atoms with Crippen molar-refractivity contribution in [2.75, 3.05) is 106 Å². The van der Waals surface area contributed by atoms with Gasteiger partial charge in [-0.1, -0.05) is 57.9 Å². The number of carbonyl (C=O) groups excluding carboxylic acids is 12. The van der Waals surface area contributed by atoms with E-state index in [1.807, 2.05) is 20.8 Å². The average molecular weight is 1330 g/mol. The summed E-state index contributed by atoms with van der Waals surface area (Å²) in [7, 11) is 2.43. The molecule has 530 valence electrons. The van der Waals surface area contributed by atoms with E-state index in [9.17, 15) is 57.5 Å². The number of nitrogens with one attached hydrogen (secondary N) is 4. The Hall–Kier alpha value is -8.20. The summed E-state index contributed by atoms with van der Waals surface area (Å²) in [5.74, 6) is -6.11. The number of alkyl carbamates (subject to hydrolysis) is 4. The van der Waals surface area contributed by atoms with Crippen molar-refractivity contribution in [2.24, 2.45) is 56.7 Å². The first kappa shape index (κ1) is 79.0. The van der Waals surface area contributed by atoms with E-state index in [4.69, 9.17) is 56.8 Å². The van der Waals surface area contributed by atoms with E-state index in [0.717, 1.165) is 32.1 Å². The molecule has 4 amide bonds. The zero-order chi connectivity index (χ0) is 69.3. The summed E-state index contributed by atoms with van der Waals surface area (Å²) in [6.07, 6.45) is 10.8. The van der Waals surface area contributed by atoms with Crippen LogP contribution >= 0.6 is 0 Å². The topological polar surface area (TPSA) is 364 Å². The van der Waals surface area contributed by atoms with Gasteiger partial charge in [0.15, 0.2) is 21.7 Å². The molecule has 28 heteroatoms. The molecule has 9 atom stereocenters. The lowest BCUT2D eigenvalue weighted by molar-refractivity contribution is -0.166. The van der Waals surface area contributed by atoms with Gasteiger partial charge in [-0.05, 0) is 76.5 Å². The Bertz CT molecular complexity index is 2550. The zero-order valence-electron chi connectivity index (χ0n) is 55.1. The van der Waals surface area contributed by atoms with E-state index in [2.05, 4.69) is 47.6 Å². The molecule has 4 rings (SSSR count). The third-order valence-electron chi connectivity index (χ3n) is 16.2. The molecular weight excluding hydrogens is 1220 g/mol. The number of hydrogen-bond donors (Lipinski definition) is 4. The van der Waals surface area contributed by atoms with Crippen LogP contribution in [0.1, 0.15) is 130 Å². The Balaban J connectivity index is 0. The highest BCUT2D eigenvalue weighted by Crippen LogP contribution is 2.57. The van der Waals surface area contributed by atoms with Gasteiger partial charge in [-0.2, -0.15) is 0 Å². The van der Waals surface area contributed by atoms with Gasteiger partial charge >= 0.3 is 72.1 Å². The van der Waals surface area contributed by atoms with Crippen LogP contribution in [0.15, 0.2) is 50.6 Å². The number of methoxy groups -OCH3 is 2. The first-order valence-corrected chi connectivity index (χ1v) is 31.7. The predicted molar refractivity (Wildman–Crippen MR) is 339 cm³/mol. The van der Waals surface area contributed by atoms with E-state index >= 15 is 0 Å². The standard InChI is InChI=1S/C35H54N2O12.C30H44N2O12.4H2/c1-8-25-21-34(25,27(38)44-10-3)29(40)46-16-12-18-48-31(42)36-15-14-24(5)20-33(6,7)23-37-32(43)49-19-13-17-47-30(41)35(22-26(35)9-2)28(39)45-11-4;1-5-21-19-29(21,23(33)39-3)25(35)41-15-11-17-43-27(37)31-13-9-7-8-10-14-32-28(38)44-18-12-16-42-26(36)30(24(34)40-4)20-22(30)6-2;;;;/h8-9,24-26H,1-2,10-23H2,3-7H3,(H,36,42)(H,37,43);5-6,21-22H,1-2,7-20H2,3-4H3,(H,31,37)(H,32,38);4*1H. The fourth-order valence-corrected chi connectivity index (χ4v) is 10.5. The number of allylic oxidation sites excluding steroid dienone is 4. The lowest BCUT2D eigenvalue weighted by atomic mass is 9.82. The largest absolute Gasteiger partial charge is 0.468 e. The van der Waals surface area contributed by atoms with Gasteiger partial charge < -0.3 is 78.1 Å². The predicted octanol–water partition coefficient (Wildman–Crippen LogP) is 7.84. The number of amides is 4. The summed E-state index contributed by atoms with van der Waals surface area (Å²) in [6, 6.07) is 0. The van der Waals surface area contributed by atoms with Crippen molar-refractivity contribution < 1.29 is 120 Å². The number of carbonyl (C=O) groups is 12. The van der Waals surface area contributed by atoms with Crippen molar-refractivity contribution in [3.05, 3.63) is 50.6 Å². The van der Waals surface area contributed by atoms with Crippen LogP contribution in [-0.4, -0.2) is 179 Å². The third-order valence-corrected chi connectivity index (χ3v) is 16.2. The lowest BCUT2D eigenvalue weighted by Crippen LogP contribution is -2.36. The molecule has 0 aliphatic heterocycles. The molecule has 0 heterocycles. The Labute approximate surface area is 550 Å². The molecule has 4 N–H and O–H groups in total. The van der Waals surface area contributed by atoms with Crippen LogP contribution in [0.25, 0.3) is 0 Å². The minimum Gasteiger partial charge on any atom is -0.468 e. The maximum atomic E-state index is 12.5. The molecule has 4 saturated carbocycles. The van der Waals surface area contributed by atoms with Crippen LogP contribution < -0.4 is 21.3 Å². The van der Waals surface area contributed by atoms with E-state index in [0.29, 0.717) is 58.3 Å². The van der Waals surface area contributed by atoms with Gasteiger partial charge in [-0.3, -0.25) is 38.4 Å². The minimum absolute atomic E-state index is 0. The Morgan fingerprint density at radius 2 is 0.677 bits per heavy atom. The van der Waals surface area contributed by atoms with Crippen LogP contribution in [0, 0.1) is 56.7 Å². The number of rotatable bonds is 44. The molecule has 0 aromatic carbocycles. The molecule has 4 aliphatic rings. The second-order valence-corrected chi connectivity index (χ2v) is 23.8. The molecular formula is C65H106N4O24. The highest BCUT2D eigenvalue weighted by Gasteiger charge is 2.69. The first-order valence-electron chi connectivity index (χ1n) is 31.7. The number of unbranched alkanes of at least 4 members (excludes halogenated alkanes) is 3. The second kappa shape index (κ2) is 39.4. The van der Waals surface area contributed by atoms with Gasteiger partial charge in [-0.15, -0.1) is 26.3 Å². The van der Waals surface area contributed by atoms with Crippen molar-refractivity contribution in [3.63, 3.8) is 0 Å². The fourth-order valence-electron chi connectivity index (χ4n) is 10.5. The van der Waals surface area contributed by atoms with Gasteiger partial charge in [0.05, 0.1) is 80.3 Å². The maximum Gasteiger partial charge on any atom is 0.407 e. The second-order valence-electron chi connectivity index (χ2n) is 23.8. The van der Waals surface area contributed by atoms with Crippen LogP contribution in [0.2, 0.25) is 0 Å². The van der Waals surface area contributed by atoms with Crippen LogP contribution in [0.3, 0.4) is 0 Å². The molecule has 9 unspecified atom stereocenters. The Morgan fingerprint density at radius 3 is 0.957 bits per heavy atom. The molecule has 0 bridgehead atoms. The molecule has 4 fully saturated rings. The number of ether oxygens (including phenoxy) is 12. The number of esters is 8. The van der Waals surface area contributed by atoms with Gasteiger partial charge in [0.1, 0.15) is 0 Å². The van der Waals surface area contributed by atoms with Crippen LogP contribution in [-0.2, 0) is 95.2 Å². The molecule has 0 saturated heterocycles. The molecule has 93 heavy (non-hydrogen) atoms. The maximum absolute atomic E-state index is 12.5. The summed E-state index contributed by atoms with van der Waals surface area (Å²) in [5.41, 5.74) is -5.50. The van der Waals surface area contributed by atoms with E-state index in [-0.39, 0.29) is 132 Å². The first-order chi connectivity index (χ1) is 44.4. The molecule has 0 aromatic rings. The van der Waals surface area contributed by atoms with Crippen molar-refractivity contribution >= 4 is 72.1 Å². The van der Waals surface area contributed by atoms with Crippen LogP contribution in [0.4, 0.5) is 19.2 Å². The third kappa shape index (κ3) is 23.7. The molecule has 28 nitrogen and oxygen atoms in total. The zero-order valence-corrected chi connectivity index (χ0v) is 55.1. The number of hydrogen-bond acceptors (Lipinski definition) is 24. The van der Waals surface area contributed by atoms with Crippen molar-refractivity contribution in [1.82, 2.24) is 21.3 Å². The highest BCUT2D eigenvalue weighted by molar-refractivity contribution is 6.06. The van der Waals surface area contributed by atoms with Crippen LogP contribution in [0.5, 0.6) is 0 Å². The molecule has 0 aromatic heterocycles.